The minimum atomic E-state index is 0. The van der Waals surface area contributed by atoms with Gasteiger partial charge in [0.2, 0.25) is 5.91 Å². The van der Waals surface area contributed by atoms with Crippen LogP contribution in [0.3, 0.4) is 0 Å². The molecule has 5 nitrogen and oxygen atoms in total. The Balaban J connectivity index is 0.00000161. The number of ether oxygens (including phenoxy) is 1. The number of carbonyl (C=O) groups is 2. The molecule has 1 N–H and O–H groups in total. The van der Waals surface area contributed by atoms with Crippen LogP contribution in [0.1, 0.15) is 22.3 Å². The first-order valence-electron chi connectivity index (χ1n) is 6.98. The number of ketones is 1. The molecule has 0 aromatic heterocycles. The standard InChI is InChI=1S/C15H18N2O3.ClH/c18-14(10-17-5-7-20-8-6-17)12-1-3-13-11(9-12)2-4-15(19)16-13;/h1,3,9H,2,4-8,10H2,(H,16,19);1H. The number of hydrogen-bond acceptors (Lipinski definition) is 4. The highest BCUT2D eigenvalue weighted by atomic mass is 35.5. The average Bonchev–Trinajstić information content (AvgIpc) is 2.47. The van der Waals surface area contributed by atoms with E-state index in [2.05, 4.69) is 10.2 Å². The van der Waals surface area contributed by atoms with E-state index in [0.29, 0.717) is 32.6 Å². The molecule has 1 saturated heterocycles. The van der Waals surface area contributed by atoms with Crippen molar-refractivity contribution in [2.45, 2.75) is 12.8 Å². The number of aryl methyl sites for hydroxylation is 1. The molecule has 2 aliphatic rings. The van der Waals surface area contributed by atoms with Crippen LogP contribution in [0.25, 0.3) is 0 Å². The number of fused-ring (bicyclic) bond motifs is 1. The van der Waals surface area contributed by atoms with Gasteiger partial charge in [0.05, 0.1) is 19.8 Å². The summed E-state index contributed by atoms with van der Waals surface area (Å²) in [5, 5.41) is 2.83. The molecule has 0 unspecified atom stereocenters. The van der Waals surface area contributed by atoms with Gasteiger partial charge in [0.25, 0.3) is 0 Å². The maximum atomic E-state index is 12.3. The predicted octanol–water partition coefficient (Wildman–Crippen LogP) is 1.51. The first-order chi connectivity index (χ1) is 9.72. The Hall–Kier alpha value is -1.43. The molecule has 2 aliphatic heterocycles. The summed E-state index contributed by atoms with van der Waals surface area (Å²) in [4.78, 5) is 25.7. The van der Waals surface area contributed by atoms with Crippen LogP contribution in [0, 0.1) is 0 Å². The van der Waals surface area contributed by atoms with E-state index in [1.54, 1.807) is 6.07 Å². The van der Waals surface area contributed by atoms with Crippen molar-refractivity contribution in [2.24, 2.45) is 0 Å². The molecule has 0 atom stereocenters. The normalized spacial score (nSPS) is 18.4. The molecule has 0 spiro atoms. The van der Waals surface area contributed by atoms with Crippen LogP contribution in [0.4, 0.5) is 5.69 Å². The summed E-state index contributed by atoms with van der Waals surface area (Å²) in [7, 11) is 0. The lowest BCUT2D eigenvalue weighted by molar-refractivity contribution is -0.116. The van der Waals surface area contributed by atoms with Crippen LogP contribution in [0.2, 0.25) is 0 Å². The third-order valence-corrected chi connectivity index (χ3v) is 3.79. The number of nitrogens with one attached hydrogen (secondary N) is 1. The zero-order valence-electron chi connectivity index (χ0n) is 11.8. The molecule has 0 aliphatic carbocycles. The predicted molar refractivity (Wildman–Crippen MR) is 82.2 cm³/mol. The van der Waals surface area contributed by atoms with Crippen molar-refractivity contribution < 1.29 is 14.3 Å². The molecular weight excluding hydrogens is 292 g/mol. The van der Waals surface area contributed by atoms with Gasteiger partial charge in [-0.05, 0) is 30.2 Å². The summed E-state index contributed by atoms with van der Waals surface area (Å²) in [6, 6.07) is 5.55. The summed E-state index contributed by atoms with van der Waals surface area (Å²) < 4.78 is 5.28. The van der Waals surface area contributed by atoms with E-state index in [1.807, 2.05) is 12.1 Å². The number of halogens is 1. The van der Waals surface area contributed by atoms with E-state index in [0.717, 1.165) is 29.9 Å². The van der Waals surface area contributed by atoms with Gasteiger partial charge >= 0.3 is 0 Å². The van der Waals surface area contributed by atoms with E-state index in [9.17, 15) is 9.59 Å². The molecule has 21 heavy (non-hydrogen) atoms. The first-order valence-corrected chi connectivity index (χ1v) is 6.98. The molecule has 1 fully saturated rings. The zero-order valence-corrected chi connectivity index (χ0v) is 12.6. The van der Waals surface area contributed by atoms with Crippen molar-refractivity contribution >= 4 is 29.8 Å². The Morgan fingerprint density at radius 2 is 2.00 bits per heavy atom. The van der Waals surface area contributed by atoms with Crippen molar-refractivity contribution in [3.63, 3.8) is 0 Å². The highest BCUT2D eigenvalue weighted by Gasteiger charge is 2.19. The summed E-state index contributed by atoms with van der Waals surface area (Å²) in [5.74, 6) is 0.177. The second-order valence-corrected chi connectivity index (χ2v) is 5.23. The van der Waals surface area contributed by atoms with E-state index in [4.69, 9.17) is 4.74 Å². The number of carbonyl (C=O) groups excluding carboxylic acids is 2. The topological polar surface area (TPSA) is 58.6 Å². The van der Waals surface area contributed by atoms with Gasteiger partial charge in [0, 0.05) is 30.8 Å². The molecule has 114 valence electrons. The van der Waals surface area contributed by atoms with Gasteiger partial charge in [-0.1, -0.05) is 0 Å². The fraction of sp³-hybridized carbons (Fsp3) is 0.467. The van der Waals surface area contributed by atoms with Gasteiger partial charge in [-0.25, -0.2) is 0 Å². The summed E-state index contributed by atoms with van der Waals surface area (Å²) >= 11 is 0. The number of Topliss-reactive ketones (excluding diaryl/α,β-unsaturated/α-hetero) is 1. The molecular formula is C15H19ClN2O3. The van der Waals surface area contributed by atoms with Crippen LogP contribution in [0.15, 0.2) is 18.2 Å². The van der Waals surface area contributed by atoms with Crippen molar-refractivity contribution in [2.75, 3.05) is 38.2 Å². The van der Waals surface area contributed by atoms with Crippen LogP contribution < -0.4 is 5.32 Å². The fourth-order valence-electron chi connectivity index (χ4n) is 2.61. The Morgan fingerprint density at radius 1 is 1.24 bits per heavy atom. The van der Waals surface area contributed by atoms with Crippen molar-refractivity contribution in [1.82, 2.24) is 4.90 Å². The van der Waals surface area contributed by atoms with Gasteiger partial charge in [-0.3, -0.25) is 14.5 Å². The van der Waals surface area contributed by atoms with Crippen molar-refractivity contribution in [3.8, 4) is 0 Å². The van der Waals surface area contributed by atoms with Gasteiger partial charge in [0.15, 0.2) is 5.78 Å². The zero-order chi connectivity index (χ0) is 13.9. The average molecular weight is 311 g/mol. The van der Waals surface area contributed by atoms with E-state index < -0.39 is 0 Å². The molecule has 3 rings (SSSR count). The second-order valence-electron chi connectivity index (χ2n) is 5.23. The molecule has 1 aromatic rings. The maximum Gasteiger partial charge on any atom is 0.224 e. The fourth-order valence-corrected chi connectivity index (χ4v) is 2.61. The lowest BCUT2D eigenvalue weighted by Crippen LogP contribution is -2.39. The van der Waals surface area contributed by atoms with Crippen molar-refractivity contribution in [3.05, 3.63) is 29.3 Å². The highest BCUT2D eigenvalue weighted by molar-refractivity contribution is 6.00. The van der Waals surface area contributed by atoms with Gasteiger partial charge in [0.1, 0.15) is 0 Å². The molecule has 1 aromatic carbocycles. The summed E-state index contributed by atoms with van der Waals surface area (Å²) in [6.07, 6.45) is 1.20. The van der Waals surface area contributed by atoms with Crippen LogP contribution in [-0.2, 0) is 16.0 Å². The molecule has 1 amide bonds. The molecule has 6 heteroatoms. The first kappa shape index (κ1) is 15.9. The second kappa shape index (κ2) is 7.02. The quantitative estimate of drug-likeness (QED) is 0.860. The molecule has 0 saturated carbocycles. The highest BCUT2D eigenvalue weighted by Crippen LogP contribution is 2.23. The number of morpholine rings is 1. The number of anilines is 1. The minimum absolute atomic E-state index is 0. The molecule has 2 heterocycles. The Morgan fingerprint density at radius 3 is 2.76 bits per heavy atom. The third kappa shape index (κ3) is 3.81. The van der Waals surface area contributed by atoms with E-state index in [-0.39, 0.29) is 24.1 Å². The van der Waals surface area contributed by atoms with Gasteiger partial charge in [-0.2, -0.15) is 0 Å². The maximum absolute atomic E-state index is 12.3. The lowest BCUT2D eigenvalue weighted by Gasteiger charge is -2.26. The molecule has 0 radical (unpaired) electrons. The summed E-state index contributed by atoms with van der Waals surface area (Å²) in [6.45, 7) is 3.46. The number of amides is 1. The number of benzene rings is 1. The van der Waals surface area contributed by atoms with Crippen LogP contribution in [0.5, 0.6) is 0 Å². The van der Waals surface area contributed by atoms with Crippen molar-refractivity contribution in [1.29, 1.82) is 0 Å². The summed E-state index contributed by atoms with van der Waals surface area (Å²) in [5.41, 5.74) is 2.62. The lowest BCUT2D eigenvalue weighted by atomic mass is 9.98. The number of rotatable bonds is 3. The number of nitrogens with zero attached hydrogens (tertiary/aromatic N) is 1. The van der Waals surface area contributed by atoms with Gasteiger partial charge in [-0.15, -0.1) is 12.4 Å². The number of hydrogen-bond donors (Lipinski definition) is 1. The Labute approximate surface area is 130 Å². The van der Waals surface area contributed by atoms with Gasteiger partial charge < -0.3 is 10.1 Å². The van der Waals surface area contributed by atoms with E-state index in [1.165, 1.54) is 0 Å². The SMILES string of the molecule is Cl.O=C1CCc2cc(C(=O)CN3CCOCC3)ccc2N1. The monoisotopic (exact) mass is 310 g/mol. The van der Waals surface area contributed by atoms with Crippen LogP contribution >= 0.6 is 12.4 Å². The largest absolute Gasteiger partial charge is 0.379 e. The minimum Gasteiger partial charge on any atom is -0.379 e. The van der Waals surface area contributed by atoms with Crippen LogP contribution in [-0.4, -0.2) is 49.4 Å². The third-order valence-electron chi connectivity index (χ3n) is 3.79. The van der Waals surface area contributed by atoms with E-state index >= 15 is 0 Å². The molecule has 0 bridgehead atoms. The Kier molecular flexibility index (Phi) is 5.33. The smallest absolute Gasteiger partial charge is 0.224 e. The Bertz CT molecular complexity index is 542.